The summed E-state index contributed by atoms with van der Waals surface area (Å²) in [6.07, 6.45) is -0.515. The lowest BCUT2D eigenvalue weighted by atomic mass is 9.87. The highest BCUT2D eigenvalue weighted by atomic mass is 16.5. The molecule has 0 radical (unpaired) electrons. The Morgan fingerprint density at radius 3 is 2.17 bits per heavy atom. The van der Waals surface area contributed by atoms with Gasteiger partial charge in [-0.25, -0.2) is 0 Å². The summed E-state index contributed by atoms with van der Waals surface area (Å²) in [6, 6.07) is 17.9. The van der Waals surface area contributed by atoms with Crippen molar-refractivity contribution in [3.8, 4) is 5.75 Å². The third kappa shape index (κ3) is 4.85. The number of carbonyl (C=O) groups excluding carboxylic acids is 1. The number of hydrogen-bond acceptors (Lipinski definition) is 2. The lowest BCUT2D eigenvalue weighted by molar-refractivity contribution is -0.137. The fourth-order valence-corrected chi connectivity index (χ4v) is 2.53. The molecule has 3 heteroatoms. The van der Waals surface area contributed by atoms with Crippen LogP contribution in [-0.2, 0) is 16.8 Å². The summed E-state index contributed by atoms with van der Waals surface area (Å²) in [6.45, 7) is 8.90. The molecule has 0 aliphatic rings. The molecule has 128 valence electrons. The van der Waals surface area contributed by atoms with Crippen molar-refractivity contribution in [3.63, 3.8) is 0 Å². The Balaban J connectivity index is 1.96. The van der Waals surface area contributed by atoms with Gasteiger partial charge in [-0.2, -0.15) is 0 Å². The zero-order valence-corrected chi connectivity index (χ0v) is 15.2. The van der Waals surface area contributed by atoms with E-state index in [2.05, 4.69) is 32.9 Å². The minimum absolute atomic E-state index is 0.0289. The zero-order chi connectivity index (χ0) is 17.7. The van der Waals surface area contributed by atoms with Crippen LogP contribution in [0.5, 0.6) is 5.75 Å². The molecule has 2 aromatic rings. The lowest BCUT2D eigenvalue weighted by Crippen LogP contribution is -2.37. The Hall–Kier alpha value is -2.29. The predicted molar refractivity (Wildman–Crippen MR) is 98.1 cm³/mol. The average molecular weight is 325 g/mol. The van der Waals surface area contributed by atoms with E-state index >= 15 is 0 Å². The predicted octanol–water partition coefficient (Wildman–Crippen LogP) is 4.41. The summed E-state index contributed by atoms with van der Waals surface area (Å²) in [5, 5.41) is 0. The van der Waals surface area contributed by atoms with Gasteiger partial charge in [-0.1, -0.05) is 63.2 Å². The highest BCUT2D eigenvalue weighted by Crippen LogP contribution is 2.24. The summed E-state index contributed by atoms with van der Waals surface area (Å²) in [5.74, 6) is 0.690. The molecule has 24 heavy (non-hydrogen) atoms. The fourth-order valence-electron chi connectivity index (χ4n) is 2.53. The van der Waals surface area contributed by atoms with E-state index < -0.39 is 6.10 Å². The van der Waals surface area contributed by atoms with Gasteiger partial charge >= 0.3 is 0 Å². The molecule has 0 saturated carbocycles. The molecule has 1 amide bonds. The van der Waals surface area contributed by atoms with Crippen molar-refractivity contribution in [1.82, 2.24) is 4.90 Å². The summed E-state index contributed by atoms with van der Waals surface area (Å²) in [5.41, 5.74) is 2.46. The molecule has 0 spiro atoms. The highest BCUT2D eigenvalue weighted by Gasteiger charge is 2.20. The van der Waals surface area contributed by atoms with Crippen LogP contribution in [0.4, 0.5) is 0 Å². The minimum atomic E-state index is -0.515. The number of amides is 1. The number of hydrogen-bond donors (Lipinski definition) is 0. The molecular weight excluding hydrogens is 298 g/mol. The Morgan fingerprint density at radius 1 is 1.04 bits per heavy atom. The van der Waals surface area contributed by atoms with Crippen LogP contribution in [0.15, 0.2) is 54.6 Å². The quantitative estimate of drug-likeness (QED) is 0.815. The van der Waals surface area contributed by atoms with Gasteiger partial charge in [-0.05, 0) is 35.6 Å². The smallest absolute Gasteiger partial charge is 0.263 e. The molecule has 0 heterocycles. The van der Waals surface area contributed by atoms with Crippen LogP contribution in [0.2, 0.25) is 0 Å². The summed E-state index contributed by atoms with van der Waals surface area (Å²) < 4.78 is 5.81. The van der Waals surface area contributed by atoms with Gasteiger partial charge in [0, 0.05) is 13.6 Å². The molecule has 0 N–H and O–H groups in total. The first-order valence-electron chi connectivity index (χ1n) is 8.33. The van der Waals surface area contributed by atoms with Crippen LogP contribution in [0, 0.1) is 0 Å². The van der Waals surface area contributed by atoms with E-state index in [1.807, 2.05) is 42.5 Å². The van der Waals surface area contributed by atoms with Gasteiger partial charge < -0.3 is 9.64 Å². The van der Waals surface area contributed by atoms with Crippen molar-refractivity contribution in [3.05, 3.63) is 65.7 Å². The van der Waals surface area contributed by atoms with Crippen molar-refractivity contribution in [2.24, 2.45) is 0 Å². The van der Waals surface area contributed by atoms with Crippen LogP contribution in [-0.4, -0.2) is 24.0 Å². The maximum atomic E-state index is 12.5. The van der Waals surface area contributed by atoms with Crippen molar-refractivity contribution < 1.29 is 9.53 Å². The molecule has 2 rings (SSSR count). The number of benzene rings is 2. The van der Waals surface area contributed by atoms with Crippen molar-refractivity contribution in [2.45, 2.75) is 45.8 Å². The Labute approximate surface area is 145 Å². The summed E-state index contributed by atoms with van der Waals surface area (Å²) >= 11 is 0. The van der Waals surface area contributed by atoms with Crippen LogP contribution in [0.25, 0.3) is 0 Å². The topological polar surface area (TPSA) is 29.5 Å². The maximum absolute atomic E-state index is 12.5. The first-order chi connectivity index (χ1) is 11.3. The Morgan fingerprint density at radius 2 is 1.62 bits per heavy atom. The number of carbonyl (C=O) groups is 1. The molecule has 0 fully saturated rings. The van der Waals surface area contributed by atoms with Crippen LogP contribution >= 0.6 is 0 Å². The summed E-state index contributed by atoms with van der Waals surface area (Å²) in [4.78, 5) is 14.2. The average Bonchev–Trinajstić information content (AvgIpc) is 2.54. The standard InChI is InChI=1S/C21H27NO2/c1-16(20(23)22(5)15-17-9-7-6-8-10-17)24-19-13-11-18(12-14-19)21(2,3)4/h6-14,16H,15H2,1-5H3/t16-/m1/s1. The molecular formula is C21H27NO2. The zero-order valence-electron chi connectivity index (χ0n) is 15.2. The summed E-state index contributed by atoms with van der Waals surface area (Å²) in [7, 11) is 1.80. The lowest BCUT2D eigenvalue weighted by Gasteiger charge is -2.23. The monoisotopic (exact) mass is 325 g/mol. The molecule has 3 nitrogen and oxygen atoms in total. The second kappa shape index (κ2) is 7.52. The van der Waals surface area contributed by atoms with Gasteiger partial charge in [0.25, 0.3) is 5.91 Å². The van der Waals surface area contributed by atoms with E-state index in [4.69, 9.17) is 4.74 Å². The van der Waals surface area contributed by atoms with Gasteiger partial charge in [0.1, 0.15) is 5.75 Å². The minimum Gasteiger partial charge on any atom is -0.481 e. The van der Waals surface area contributed by atoms with E-state index in [0.717, 1.165) is 11.3 Å². The first-order valence-corrected chi connectivity index (χ1v) is 8.33. The number of rotatable bonds is 5. The molecule has 0 unspecified atom stereocenters. The van der Waals surface area contributed by atoms with E-state index in [0.29, 0.717) is 6.54 Å². The van der Waals surface area contributed by atoms with Crippen LogP contribution < -0.4 is 4.74 Å². The van der Waals surface area contributed by atoms with Gasteiger partial charge in [-0.3, -0.25) is 4.79 Å². The molecule has 0 aliphatic heterocycles. The molecule has 0 saturated heterocycles. The number of ether oxygens (including phenoxy) is 1. The Kier molecular flexibility index (Phi) is 5.66. The molecule has 1 atom stereocenters. The fraction of sp³-hybridized carbons (Fsp3) is 0.381. The Bertz CT molecular complexity index is 656. The third-order valence-corrected chi connectivity index (χ3v) is 4.02. The molecule has 0 aromatic heterocycles. The van der Waals surface area contributed by atoms with Crippen LogP contribution in [0.1, 0.15) is 38.8 Å². The SMILES string of the molecule is C[C@@H](Oc1ccc(C(C)(C)C)cc1)C(=O)N(C)Cc1ccccc1. The first kappa shape index (κ1) is 18.1. The van der Waals surface area contributed by atoms with E-state index in [-0.39, 0.29) is 11.3 Å². The van der Waals surface area contributed by atoms with E-state index in [1.54, 1.807) is 18.9 Å². The normalized spacial score (nSPS) is 12.5. The number of likely N-dealkylation sites (N-methyl/N-ethyl adjacent to an activating group) is 1. The van der Waals surface area contributed by atoms with Crippen LogP contribution in [0.3, 0.4) is 0 Å². The second-order valence-corrected chi connectivity index (χ2v) is 7.21. The van der Waals surface area contributed by atoms with Crippen molar-refractivity contribution in [1.29, 1.82) is 0 Å². The number of nitrogens with zero attached hydrogens (tertiary/aromatic N) is 1. The molecule has 0 aliphatic carbocycles. The van der Waals surface area contributed by atoms with E-state index in [1.165, 1.54) is 5.56 Å². The highest BCUT2D eigenvalue weighted by molar-refractivity contribution is 5.80. The van der Waals surface area contributed by atoms with Gasteiger partial charge in [0.05, 0.1) is 0 Å². The van der Waals surface area contributed by atoms with Crippen molar-refractivity contribution in [2.75, 3.05) is 7.05 Å². The third-order valence-electron chi connectivity index (χ3n) is 4.02. The maximum Gasteiger partial charge on any atom is 0.263 e. The van der Waals surface area contributed by atoms with Gasteiger partial charge in [0.15, 0.2) is 6.10 Å². The molecule has 2 aromatic carbocycles. The van der Waals surface area contributed by atoms with E-state index in [9.17, 15) is 4.79 Å². The van der Waals surface area contributed by atoms with Crippen molar-refractivity contribution >= 4 is 5.91 Å². The van der Waals surface area contributed by atoms with Gasteiger partial charge in [0.2, 0.25) is 0 Å². The second-order valence-electron chi connectivity index (χ2n) is 7.21. The molecule has 0 bridgehead atoms. The van der Waals surface area contributed by atoms with Gasteiger partial charge in [-0.15, -0.1) is 0 Å². The largest absolute Gasteiger partial charge is 0.481 e.